The molecule has 0 aliphatic rings. The maximum atomic E-state index is 8.80. The molecule has 0 rings (SSSR count). The molecule has 65 valence electrons. The van der Waals surface area contributed by atoms with Gasteiger partial charge in [0.15, 0.2) is 0 Å². The first-order chi connectivity index (χ1) is 4.00. The second-order valence-corrected chi connectivity index (χ2v) is 3.05. The van der Waals surface area contributed by atoms with Crippen LogP contribution >= 0.6 is 7.82 Å². The van der Waals surface area contributed by atoms with E-state index >= 15 is 0 Å². The van der Waals surface area contributed by atoms with Gasteiger partial charge in [-0.25, -0.2) is 0 Å². The molecule has 0 aliphatic carbocycles. The molecule has 13 heteroatoms. The van der Waals surface area contributed by atoms with E-state index in [1.165, 1.54) is 0 Å². The molecule has 0 aromatic carbocycles. The molecule has 0 heterocycles. The van der Waals surface area contributed by atoms with Gasteiger partial charge in [-0.2, -0.15) is 7.82 Å². The van der Waals surface area contributed by atoms with Crippen molar-refractivity contribution < 1.29 is 116 Å². The molecule has 2 N–H and O–H groups in total. The second-order valence-electron chi connectivity index (χ2n) is 0.862. The van der Waals surface area contributed by atoms with Crippen LogP contribution in [0.25, 0.3) is 0 Å². The Hall–Kier alpha value is 2.34. The third-order valence-electron chi connectivity index (χ3n) is 0. The molecule has 0 saturated heterocycles. The Balaban J connectivity index is -0.0000000267. The van der Waals surface area contributed by atoms with E-state index in [0.29, 0.717) is 0 Å². The summed E-state index contributed by atoms with van der Waals surface area (Å²) in [5.41, 5.74) is 0. The van der Waals surface area contributed by atoms with Crippen molar-refractivity contribution in [2.24, 2.45) is 0 Å². The Morgan fingerprint density at radius 3 is 1.00 bits per heavy atom. The van der Waals surface area contributed by atoms with Crippen LogP contribution in [0, 0.1) is 0 Å². The normalized spacial score (nSPS) is 9.00. The first kappa shape index (κ1) is 29.5. The zero-order valence-corrected chi connectivity index (χ0v) is 11.2. The van der Waals surface area contributed by atoms with Gasteiger partial charge in [0.05, 0.1) is 0 Å². The standard InChI is InChI=1S/2Li.Mn.Na.H3O4P.2H2O.2O/c;;;;1-5(2,3)4;;;;/h;;;;(H3,1,2,3,4);2*1H2;;/q2*+1;+2;+1;;;;;/p-5. The van der Waals surface area contributed by atoms with Gasteiger partial charge in [0.1, 0.15) is 0 Å². The molecular formula is H2Li2MnNaO8P. The zero-order valence-electron chi connectivity index (χ0n) is 7.17. The molecule has 0 aliphatic heterocycles. The number of phosphoric acid groups is 1. The van der Waals surface area contributed by atoms with Gasteiger partial charge in [-0.1, -0.05) is 0 Å². The molecule has 13 heavy (non-hydrogen) atoms. The van der Waals surface area contributed by atoms with Crippen LogP contribution in [0.3, 0.4) is 0 Å². The summed E-state index contributed by atoms with van der Waals surface area (Å²) in [5.74, 6) is 0. The molecule has 0 unspecified atom stereocenters. The van der Waals surface area contributed by atoms with Gasteiger partial charge in [0.25, 0.3) is 0 Å². The summed E-state index contributed by atoms with van der Waals surface area (Å²) >= 11 is -5.12. The second kappa shape index (κ2) is 12.4. The molecule has 0 bridgehead atoms. The van der Waals surface area contributed by atoms with E-state index in [-0.39, 0.29) is 67.3 Å². The fraction of sp³-hybridized carbons (Fsp3) is 0. The quantitative estimate of drug-likeness (QED) is 0.317. The first-order valence-corrected chi connectivity index (χ1v) is 4.86. The molecule has 0 fully saturated rings. The molecule has 0 aromatic rings. The van der Waals surface area contributed by atoms with E-state index in [9.17, 15) is 0 Å². The van der Waals surface area contributed by atoms with Crippen molar-refractivity contribution in [2.75, 3.05) is 0 Å². The predicted molar refractivity (Wildman–Crippen MR) is 13.4 cm³/mol. The van der Waals surface area contributed by atoms with Crippen LogP contribution < -0.4 is 82.0 Å². The van der Waals surface area contributed by atoms with Gasteiger partial charge < -0.3 is 19.2 Å². The topological polar surface area (TPSA) is 161 Å². The van der Waals surface area contributed by atoms with Crippen molar-refractivity contribution in [1.82, 2.24) is 0 Å². The minimum atomic E-state index is -5.39. The van der Waals surface area contributed by atoms with Gasteiger partial charge >= 0.3 is 96.7 Å². The van der Waals surface area contributed by atoms with Gasteiger partial charge in [-0.05, 0) is 0 Å². The van der Waals surface area contributed by atoms with Gasteiger partial charge in [0.2, 0.25) is 0 Å². The molecule has 0 aromatic heterocycles. The number of hydrogen-bond donors (Lipinski definition) is 2. The van der Waals surface area contributed by atoms with E-state index < -0.39 is 21.2 Å². The Morgan fingerprint density at radius 2 is 1.00 bits per heavy atom. The van der Waals surface area contributed by atoms with Crippen LogP contribution in [0.5, 0.6) is 0 Å². The summed E-state index contributed by atoms with van der Waals surface area (Å²) in [4.78, 5) is 25.6. The number of rotatable bonds is 0. The van der Waals surface area contributed by atoms with E-state index in [2.05, 4.69) is 0 Å². The van der Waals surface area contributed by atoms with Crippen molar-refractivity contribution >= 4 is 7.82 Å². The van der Waals surface area contributed by atoms with Gasteiger partial charge in [-0.15, -0.1) is 0 Å². The van der Waals surface area contributed by atoms with Crippen molar-refractivity contribution in [3.8, 4) is 0 Å². The van der Waals surface area contributed by atoms with Crippen molar-refractivity contribution in [2.45, 2.75) is 0 Å². The Kier molecular flexibility index (Phi) is 28.2. The molecule has 0 amide bonds. The molecule has 0 radical (unpaired) electrons. The molecular weight excluding hydrogens is 251 g/mol. The molecule has 8 nitrogen and oxygen atoms in total. The Bertz CT molecular complexity index is 200. The van der Waals surface area contributed by atoms with Crippen LogP contribution in [-0.2, 0) is 25.6 Å². The summed E-state index contributed by atoms with van der Waals surface area (Å²) in [5, 5.41) is 0. The van der Waals surface area contributed by atoms with E-state index in [4.69, 9.17) is 35.3 Å². The SMILES string of the molecule is O=P([O-])([O-])[O-].[Li+].[Li+].[Na+].[O]=[Mn](=[O])([OH])[OH]. The Labute approximate surface area is 122 Å². The third-order valence-corrected chi connectivity index (χ3v) is 0. The van der Waals surface area contributed by atoms with Gasteiger partial charge in [-0.3, -0.25) is 0 Å². The average Bonchev–Trinajstić information content (AvgIpc) is 1.12. The Morgan fingerprint density at radius 1 is 1.00 bits per heavy atom. The summed E-state index contributed by atoms with van der Waals surface area (Å²) in [7, 11) is -5.39. The first-order valence-electron chi connectivity index (χ1n) is 1.38. The van der Waals surface area contributed by atoms with Crippen LogP contribution in [0.4, 0.5) is 0 Å². The summed E-state index contributed by atoms with van der Waals surface area (Å²) in [6.07, 6.45) is 0. The zero-order chi connectivity index (χ0) is 9.00. The molecule has 0 saturated carbocycles. The molecule has 0 atom stereocenters. The van der Waals surface area contributed by atoms with Crippen molar-refractivity contribution in [3.63, 3.8) is 0 Å². The summed E-state index contributed by atoms with van der Waals surface area (Å²) in [6.45, 7) is 0. The average molecular weight is 253 g/mol. The van der Waals surface area contributed by atoms with E-state index in [1.54, 1.807) is 0 Å². The number of hydrogen-bond acceptors (Lipinski definition) is 6. The maximum absolute atomic E-state index is 8.80. The predicted octanol–water partition coefficient (Wildman–Crippen LogP) is -13.2. The van der Waals surface area contributed by atoms with Crippen LogP contribution in [0.15, 0.2) is 0 Å². The van der Waals surface area contributed by atoms with E-state index in [0.717, 1.165) is 0 Å². The fourth-order valence-electron chi connectivity index (χ4n) is 0. The van der Waals surface area contributed by atoms with E-state index in [1.807, 2.05) is 0 Å². The van der Waals surface area contributed by atoms with Crippen LogP contribution in [-0.4, -0.2) is 8.38 Å². The van der Waals surface area contributed by atoms with Gasteiger partial charge in [0, 0.05) is 0 Å². The fourth-order valence-corrected chi connectivity index (χ4v) is 0. The third kappa shape index (κ3) is 398. The van der Waals surface area contributed by atoms with Crippen molar-refractivity contribution in [1.29, 1.82) is 0 Å². The van der Waals surface area contributed by atoms with Crippen LogP contribution in [0.1, 0.15) is 0 Å². The van der Waals surface area contributed by atoms with Crippen molar-refractivity contribution in [3.05, 3.63) is 0 Å². The summed E-state index contributed by atoms with van der Waals surface area (Å²) in [6, 6.07) is 0. The minimum absolute atomic E-state index is 0. The monoisotopic (exact) mass is 253 g/mol. The van der Waals surface area contributed by atoms with Crippen LogP contribution in [0.2, 0.25) is 0 Å². The molecule has 0 spiro atoms. The summed E-state index contributed by atoms with van der Waals surface area (Å²) < 4.78 is 40.4.